The smallest absolute Gasteiger partial charge is 0.335 e. The number of benzene rings is 3. The maximum atomic E-state index is 13.1. The van der Waals surface area contributed by atoms with Crippen molar-refractivity contribution < 1.29 is 19.4 Å². The van der Waals surface area contributed by atoms with Crippen LogP contribution in [0, 0.1) is 0 Å². The molecule has 0 aromatic heterocycles. The van der Waals surface area contributed by atoms with Crippen molar-refractivity contribution in [3.63, 3.8) is 0 Å². The number of para-hydroxylation sites is 1. The molecule has 1 N–H and O–H groups in total. The highest BCUT2D eigenvalue weighted by atomic mass is 35.5. The Balaban J connectivity index is 1.56. The number of hydrogen-bond acceptors (Lipinski definition) is 5. The Morgan fingerprint density at radius 3 is 2.51 bits per heavy atom. The number of carbonyl (C=O) groups excluding carboxylic acids is 1. The topological polar surface area (TPSA) is 79.2 Å². The molecule has 0 spiro atoms. The van der Waals surface area contributed by atoms with Gasteiger partial charge in [0.05, 0.1) is 26.2 Å². The summed E-state index contributed by atoms with van der Waals surface area (Å²) in [6.07, 6.45) is 1.79. The average Bonchev–Trinajstić information content (AvgIpc) is 3.14. The number of carboxylic acids is 1. The van der Waals surface area contributed by atoms with Crippen LogP contribution in [0.5, 0.6) is 5.75 Å². The third-order valence-corrected chi connectivity index (χ3v) is 6.87. The maximum Gasteiger partial charge on any atom is 0.335 e. The van der Waals surface area contributed by atoms with Crippen LogP contribution < -0.4 is 4.74 Å². The number of carboxylic acid groups (broad SMARTS) is 1. The molecule has 0 saturated carbocycles. The molecule has 0 aliphatic carbocycles. The average molecular weight is 527 g/mol. The summed E-state index contributed by atoms with van der Waals surface area (Å²) in [6.45, 7) is 2.61. The van der Waals surface area contributed by atoms with Crippen molar-refractivity contribution in [3.05, 3.63) is 98.4 Å². The lowest BCUT2D eigenvalue weighted by Crippen LogP contribution is -2.28. The van der Waals surface area contributed by atoms with Crippen molar-refractivity contribution in [2.45, 2.75) is 13.5 Å². The molecule has 0 radical (unpaired) electrons. The van der Waals surface area contributed by atoms with Crippen LogP contribution >= 0.6 is 35.0 Å². The summed E-state index contributed by atoms with van der Waals surface area (Å²) in [5.74, 6) is -0.537. The van der Waals surface area contributed by atoms with Gasteiger partial charge in [0.2, 0.25) is 0 Å². The number of ether oxygens (including phenoxy) is 1. The molecular weight excluding hydrogens is 507 g/mol. The van der Waals surface area contributed by atoms with Gasteiger partial charge in [-0.15, -0.1) is 0 Å². The number of likely N-dealkylation sites (N-methyl/N-ethyl adjacent to an activating group) is 1. The largest absolute Gasteiger partial charge is 0.488 e. The normalized spacial score (nSPS) is 15.7. The fourth-order valence-electron chi connectivity index (χ4n) is 3.32. The number of amides is 1. The zero-order valence-electron chi connectivity index (χ0n) is 18.6. The molecule has 0 unspecified atom stereocenters. The standard InChI is InChI=1S/C26H20Cl2N2O4S/c1-2-30-24(31)23(35-26(30)29-19-10-8-17(9-11-19)25(32)33)14-18-5-3-4-6-22(18)34-15-16-7-12-20(27)21(28)13-16/h3-14H,2,15H2,1H3,(H,32,33)/b23-14+,29-26?. The minimum atomic E-state index is -1.00. The molecule has 1 fully saturated rings. The molecule has 1 saturated heterocycles. The highest BCUT2D eigenvalue weighted by Crippen LogP contribution is 2.35. The second-order valence-electron chi connectivity index (χ2n) is 7.48. The van der Waals surface area contributed by atoms with E-state index in [9.17, 15) is 9.59 Å². The van der Waals surface area contributed by atoms with E-state index in [-0.39, 0.29) is 18.1 Å². The Bertz CT molecular complexity index is 1340. The van der Waals surface area contributed by atoms with E-state index < -0.39 is 5.97 Å². The SMILES string of the molecule is CCN1C(=O)/C(=C\c2ccccc2OCc2ccc(Cl)c(Cl)c2)SC1=Nc1ccc(C(=O)O)cc1. The Morgan fingerprint density at radius 2 is 1.83 bits per heavy atom. The van der Waals surface area contributed by atoms with E-state index in [4.69, 9.17) is 33.0 Å². The van der Waals surface area contributed by atoms with Crippen LogP contribution in [0.2, 0.25) is 10.0 Å². The zero-order chi connectivity index (χ0) is 24.9. The van der Waals surface area contributed by atoms with Crippen molar-refractivity contribution >= 4 is 63.8 Å². The van der Waals surface area contributed by atoms with E-state index in [0.29, 0.717) is 38.1 Å². The molecule has 6 nitrogen and oxygen atoms in total. The fraction of sp³-hybridized carbons (Fsp3) is 0.115. The predicted molar refractivity (Wildman–Crippen MR) is 141 cm³/mol. The number of thioether (sulfide) groups is 1. The van der Waals surface area contributed by atoms with E-state index >= 15 is 0 Å². The lowest BCUT2D eigenvalue weighted by atomic mass is 10.1. The van der Waals surface area contributed by atoms with Crippen molar-refractivity contribution in [3.8, 4) is 5.75 Å². The zero-order valence-corrected chi connectivity index (χ0v) is 20.9. The molecule has 4 rings (SSSR count). The number of halogens is 2. The van der Waals surface area contributed by atoms with Crippen molar-refractivity contribution in [1.29, 1.82) is 0 Å². The summed E-state index contributed by atoms with van der Waals surface area (Å²) in [7, 11) is 0. The molecule has 1 aliphatic heterocycles. The molecule has 0 atom stereocenters. The molecule has 178 valence electrons. The van der Waals surface area contributed by atoms with Crippen molar-refractivity contribution in [2.24, 2.45) is 4.99 Å². The summed E-state index contributed by atoms with van der Waals surface area (Å²) >= 11 is 13.3. The summed E-state index contributed by atoms with van der Waals surface area (Å²) in [4.78, 5) is 30.8. The predicted octanol–water partition coefficient (Wildman–Crippen LogP) is 6.89. The first-order valence-corrected chi connectivity index (χ1v) is 12.2. The molecule has 3 aromatic rings. The van der Waals surface area contributed by atoms with Gasteiger partial charge in [-0.05, 0) is 72.8 Å². The van der Waals surface area contributed by atoms with Crippen LogP contribution in [0.4, 0.5) is 5.69 Å². The Labute approximate surface area is 216 Å². The first-order valence-electron chi connectivity index (χ1n) is 10.6. The van der Waals surface area contributed by atoms with Crippen molar-refractivity contribution in [2.75, 3.05) is 6.54 Å². The lowest BCUT2D eigenvalue weighted by Gasteiger charge is -2.12. The first-order chi connectivity index (χ1) is 16.9. The van der Waals surface area contributed by atoms with E-state index in [2.05, 4.69) is 4.99 Å². The molecular formula is C26H20Cl2N2O4S. The highest BCUT2D eigenvalue weighted by Gasteiger charge is 2.32. The molecule has 1 heterocycles. The molecule has 1 aliphatic rings. The van der Waals surface area contributed by atoms with Crippen LogP contribution in [-0.4, -0.2) is 33.6 Å². The monoisotopic (exact) mass is 526 g/mol. The molecule has 35 heavy (non-hydrogen) atoms. The van der Waals surface area contributed by atoms with Gasteiger partial charge < -0.3 is 9.84 Å². The summed E-state index contributed by atoms with van der Waals surface area (Å²) in [5, 5.41) is 10.5. The van der Waals surface area contributed by atoms with Gasteiger partial charge in [-0.1, -0.05) is 47.5 Å². The minimum Gasteiger partial charge on any atom is -0.488 e. The van der Waals surface area contributed by atoms with E-state index in [1.54, 1.807) is 35.2 Å². The Kier molecular flexibility index (Phi) is 7.80. The molecule has 3 aromatic carbocycles. The number of aromatic carboxylic acids is 1. The molecule has 9 heteroatoms. The number of carbonyl (C=O) groups is 2. The van der Waals surface area contributed by atoms with Gasteiger partial charge in [-0.3, -0.25) is 9.69 Å². The van der Waals surface area contributed by atoms with Gasteiger partial charge >= 0.3 is 5.97 Å². The van der Waals surface area contributed by atoms with Crippen LogP contribution in [-0.2, 0) is 11.4 Å². The first kappa shape index (κ1) is 24.9. The minimum absolute atomic E-state index is 0.155. The highest BCUT2D eigenvalue weighted by molar-refractivity contribution is 8.18. The van der Waals surface area contributed by atoms with Crippen LogP contribution in [0.25, 0.3) is 6.08 Å². The third kappa shape index (κ3) is 5.88. The van der Waals surface area contributed by atoms with E-state index in [1.165, 1.54) is 23.9 Å². The second kappa shape index (κ2) is 11.0. The summed E-state index contributed by atoms with van der Waals surface area (Å²) in [6, 6.07) is 19.0. The number of hydrogen-bond donors (Lipinski definition) is 1. The van der Waals surface area contributed by atoms with Gasteiger partial charge in [0.1, 0.15) is 12.4 Å². The van der Waals surface area contributed by atoms with Gasteiger partial charge in [0.25, 0.3) is 5.91 Å². The molecule has 1 amide bonds. The number of rotatable bonds is 7. The fourth-order valence-corrected chi connectivity index (χ4v) is 4.70. The van der Waals surface area contributed by atoms with Gasteiger partial charge in [-0.25, -0.2) is 9.79 Å². The second-order valence-corrected chi connectivity index (χ2v) is 9.30. The van der Waals surface area contributed by atoms with Gasteiger partial charge in [0, 0.05) is 12.1 Å². The molecule has 0 bridgehead atoms. The van der Waals surface area contributed by atoms with Gasteiger partial charge in [0.15, 0.2) is 5.17 Å². The van der Waals surface area contributed by atoms with E-state index in [0.717, 1.165) is 11.1 Å². The number of amidine groups is 1. The Morgan fingerprint density at radius 1 is 1.09 bits per heavy atom. The van der Waals surface area contributed by atoms with Gasteiger partial charge in [-0.2, -0.15) is 0 Å². The maximum absolute atomic E-state index is 13.1. The van der Waals surface area contributed by atoms with Crippen LogP contribution in [0.3, 0.4) is 0 Å². The third-order valence-electron chi connectivity index (χ3n) is 5.13. The summed E-state index contributed by atoms with van der Waals surface area (Å²) in [5.41, 5.74) is 2.37. The number of aliphatic imine (C=N–C) groups is 1. The van der Waals surface area contributed by atoms with Crippen molar-refractivity contribution in [1.82, 2.24) is 4.90 Å². The van der Waals surface area contributed by atoms with E-state index in [1.807, 2.05) is 37.3 Å². The van der Waals surface area contributed by atoms with Crippen LogP contribution in [0.1, 0.15) is 28.4 Å². The van der Waals surface area contributed by atoms with Crippen LogP contribution in [0.15, 0.2) is 76.6 Å². The summed E-state index contributed by atoms with van der Waals surface area (Å²) < 4.78 is 6.01. The lowest BCUT2D eigenvalue weighted by molar-refractivity contribution is -0.122. The number of nitrogens with zero attached hydrogens (tertiary/aromatic N) is 2. The Hall–Kier alpha value is -3.26. The quantitative estimate of drug-likeness (QED) is 0.339.